The fraction of sp³-hybridized carbons (Fsp3) is 0.0952. The molecule has 0 aliphatic heterocycles. The maximum Gasteiger partial charge on any atom is 0.238 e. The summed E-state index contributed by atoms with van der Waals surface area (Å²) in [6.45, 7) is 0.880. The molecule has 0 unspecified atom stereocenters. The van der Waals surface area contributed by atoms with Crippen LogP contribution < -0.4 is 15.4 Å². The summed E-state index contributed by atoms with van der Waals surface area (Å²) in [5, 5.41) is 6.03. The zero-order valence-corrected chi connectivity index (χ0v) is 13.8. The molecular weight excluding hydrogens is 312 g/mol. The van der Waals surface area contributed by atoms with E-state index in [9.17, 15) is 4.79 Å². The predicted octanol–water partition coefficient (Wildman–Crippen LogP) is 4.21. The predicted molar refractivity (Wildman–Crippen MR) is 99.7 cm³/mol. The summed E-state index contributed by atoms with van der Waals surface area (Å²) in [4.78, 5) is 12.2. The molecule has 4 heteroatoms. The number of ether oxygens (including phenoxy) is 1. The molecule has 126 valence electrons. The second kappa shape index (κ2) is 8.66. The van der Waals surface area contributed by atoms with Gasteiger partial charge in [-0.15, -0.1) is 0 Å². The van der Waals surface area contributed by atoms with E-state index in [0.29, 0.717) is 18.0 Å². The molecule has 0 heterocycles. The quantitative estimate of drug-likeness (QED) is 0.681. The first-order valence-electron chi connectivity index (χ1n) is 8.18. The maximum atomic E-state index is 12.2. The van der Waals surface area contributed by atoms with E-state index in [1.165, 1.54) is 0 Å². The Balaban J connectivity index is 1.56. The molecule has 0 saturated heterocycles. The first-order valence-corrected chi connectivity index (χ1v) is 8.18. The Hall–Kier alpha value is -3.11. The standard InChI is InChI=1S/C21H20N2O2/c24-21(16-22-15-17-9-3-1-4-10-17)23-19-13-7-8-14-20(19)25-18-11-5-2-6-12-18/h1-14,22H,15-16H2,(H,23,24). The second-order valence-corrected chi connectivity index (χ2v) is 5.55. The summed E-state index contributed by atoms with van der Waals surface area (Å²) in [6, 6.07) is 26.9. The summed E-state index contributed by atoms with van der Waals surface area (Å²) in [5.74, 6) is 1.23. The van der Waals surface area contributed by atoms with E-state index in [-0.39, 0.29) is 12.5 Å². The Morgan fingerprint density at radius 3 is 2.20 bits per heavy atom. The number of anilines is 1. The molecular formula is C21H20N2O2. The maximum absolute atomic E-state index is 12.2. The van der Waals surface area contributed by atoms with Crippen molar-refractivity contribution in [3.63, 3.8) is 0 Å². The largest absolute Gasteiger partial charge is 0.455 e. The highest BCUT2D eigenvalue weighted by Gasteiger charge is 2.08. The minimum absolute atomic E-state index is 0.111. The van der Waals surface area contributed by atoms with Crippen LogP contribution in [0.2, 0.25) is 0 Å². The van der Waals surface area contributed by atoms with Crippen molar-refractivity contribution in [2.45, 2.75) is 6.54 Å². The average molecular weight is 332 g/mol. The Kier molecular flexibility index (Phi) is 5.80. The van der Waals surface area contributed by atoms with Gasteiger partial charge in [-0.1, -0.05) is 60.7 Å². The molecule has 0 radical (unpaired) electrons. The number of para-hydroxylation sites is 3. The molecule has 0 spiro atoms. The van der Waals surface area contributed by atoms with Crippen molar-refractivity contribution >= 4 is 11.6 Å². The van der Waals surface area contributed by atoms with Crippen LogP contribution in [0.4, 0.5) is 5.69 Å². The van der Waals surface area contributed by atoms with Gasteiger partial charge in [0.1, 0.15) is 5.75 Å². The zero-order chi connectivity index (χ0) is 17.3. The lowest BCUT2D eigenvalue weighted by Gasteiger charge is -2.12. The molecule has 4 nitrogen and oxygen atoms in total. The number of benzene rings is 3. The van der Waals surface area contributed by atoms with Gasteiger partial charge in [0.25, 0.3) is 0 Å². The smallest absolute Gasteiger partial charge is 0.238 e. The van der Waals surface area contributed by atoms with E-state index in [1.54, 1.807) is 0 Å². The van der Waals surface area contributed by atoms with Crippen molar-refractivity contribution in [3.05, 3.63) is 90.5 Å². The molecule has 0 fully saturated rings. The third-order valence-electron chi connectivity index (χ3n) is 3.59. The van der Waals surface area contributed by atoms with Crippen molar-refractivity contribution < 1.29 is 9.53 Å². The molecule has 0 atom stereocenters. The minimum Gasteiger partial charge on any atom is -0.455 e. The van der Waals surface area contributed by atoms with E-state index in [0.717, 1.165) is 11.3 Å². The number of nitrogens with one attached hydrogen (secondary N) is 2. The SMILES string of the molecule is O=C(CNCc1ccccc1)Nc1ccccc1Oc1ccccc1. The van der Waals surface area contributed by atoms with Gasteiger partial charge >= 0.3 is 0 Å². The van der Waals surface area contributed by atoms with Crippen LogP contribution in [0.1, 0.15) is 5.56 Å². The Bertz CT molecular complexity index is 804. The van der Waals surface area contributed by atoms with Crippen LogP contribution in [0.25, 0.3) is 0 Å². The van der Waals surface area contributed by atoms with Gasteiger partial charge in [0.2, 0.25) is 5.91 Å². The van der Waals surface area contributed by atoms with Gasteiger partial charge in [-0.25, -0.2) is 0 Å². The highest BCUT2D eigenvalue weighted by atomic mass is 16.5. The van der Waals surface area contributed by atoms with Crippen LogP contribution in [0.15, 0.2) is 84.9 Å². The highest BCUT2D eigenvalue weighted by molar-refractivity contribution is 5.93. The number of hydrogen-bond donors (Lipinski definition) is 2. The topological polar surface area (TPSA) is 50.4 Å². The number of amides is 1. The molecule has 0 aromatic heterocycles. The van der Waals surface area contributed by atoms with Crippen LogP contribution in [0, 0.1) is 0 Å². The minimum atomic E-state index is -0.111. The molecule has 0 saturated carbocycles. The summed E-state index contributed by atoms with van der Waals surface area (Å²) in [5.41, 5.74) is 1.79. The fourth-order valence-electron chi connectivity index (χ4n) is 2.39. The van der Waals surface area contributed by atoms with Gasteiger partial charge < -0.3 is 15.4 Å². The molecule has 3 rings (SSSR count). The second-order valence-electron chi connectivity index (χ2n) is 5.55. The Morgan fingerprint density at radius 1 is 0.800 bits per heavy atom. The molecule has 3 aromatic carbocycles. The van der Waals surface area contributed by atoms with Gasteiger partial charge in [0.15, 0.2) is 5.75 Å². The monoisotopic (exact) mass is 332 g/mol. The van der Waals surface area contributed by atoms with E-state index in [1.807, 2.05) is 84.9 Å². The fourth-order valence-corrected chi connectivity index (χ4v) is 2.39. The lowest BCUT2D eigenvalue weighted by molar-refractivity contribution is -0.115. The van der Waals surface area contributed by atoms with E-state index in [4.69, 9.17) is 4.74 Å². The molecule has 2 N–H and O–H groups in total. The van der Waals surface area contributed by atoms with Crippen LogP contribution in [0.3, 0.4) is 0 Å². The normalized spacial score (nSPS) is 10.2. The van der Waals surface area contributed by atoms with Gasteiger partial charge in [-0.3, -0.25) is 4.79 Å². The van der Waals surface area contributed by atoms with Crippen LogP contribution in [-0.4, -0.2) is 12.5 Å². The third kappa shape index (κ3) is 5.19. The van der Waals surface area contributed by atoms with Gasteiger partial charge in [-0.05, 0) is 29.8 Å². The summed E-state index contributed by atoms with van der Waals surface area (Å²) in [7, 11) is 0. The number of carbonyl (C=O) groups excluding carboxylic acids is 1. The highest BCUT2D eigenvalue weighted by Crippen LogP contribution is 2.28. The van der Waals surface area contributed by atoms with Crippen molar-refractivity contribution in [2.75, 3.05) is 11.9 Å². The Morgan fingerprint density at radius 2 is 1.44 bits per heavy atom. The lowest BCUT2D eigenvalue weighted by atomic mass is 10.2. The summed E-state index contributed by atoms with van der Waals surface area (Å²) >= 11 is 0. The van der Waals surface area contributed by atoms with Crippen molar-refractivity contribution in [3.8, 4) is 11.5 Å². The average Bonchev–Trinajstić information content (AvgIpc) is 2.65. The lowest BCUT2D eigenvalue weighted by Crippen LogP contribution is -2.27. The van der Waals surface area contributed by atoms with Gasteiger partial charge in [-0.2, -0.15) is 0 Å². The van der Waals surface area contributed by atoms with Crippen LogP contribution >= 0.6 is 0 Å². The van der Waals surface area contributed by atoms with Crippen LogP contribution in [-0.2, 0) is 11.3 Å². The van der Waals surface area contributed by atoms with Crippen molar-refractivity contribution in [2.24, 2.45) is 0 Å². The molecule has 1 amide bonds. The van der Waals surface area contributed by atoms with E-state index >= 15 is 0 Å². The van der Waals surface area contributed by atoms with Gasteiger partial charge in [0.05, 0.1) is 12.2 Å². The van der Waals surface area contributed by atoms with Crippen LogP contribution in [0.5, 0.6) is 11.5 Å². The van der Waals surface area contributed by atoms with Crippen molar-refractivity contribution in [1.82, 2.24) is 5.32 Å². The molecule has 25 heavy (non-hydrogen) atoms. The van der Waals surface area contributed by atoms with Gasteiger partial charge in [0, 0.05) is 6.54 Å². The Labute approximate surface area is 147 Å². The summed E-state index contributed by atoms with van der Waals surface area (Å²) in [6.07, 6.45) is 0. The molecule has 0 aliphatic carbocycles. The van der Waals surface area contributed by atoms with E-state index < -0.39 is 0 Å². The number of hydrogen-bond acceptors (Lipinski definition) is 3. The molecule has 3 aromatic rings. The molecule has 0 aliphatic rings. The third-order valence-corrected chi connectivity index (χ3v) is 3.59. The first-order chi connectivity index (χ1) is 12.3. The zero-order valence-electron chi connectivity index (χ0n) is 13.8. The number of rotatable bonds is 7. The molecule has 0 bridgehead atoms. The first kappa shape index (κ1) is 16.7. The van der Waals surface area contributed by atoms with Crippen molar-refractivity contribution in [1.29, 1.82) is 0 Å². The van der Waals surface area contributed by atoms with E-state index in [2.05, 4.69) is 10.6 Å². The summed E-state index contributed by atoms with van der Waals surface area (Å²) < 4.78 is 5.85. The number of carbonyl (C=O) groups is 1.